The molecule has 0 aliphatic carbocycles. The van der Waals surface area contributed by atoms with Crippen LogP contribution in [-0.2, 0) is 16.3 Å². The van der Waals surface area contributed by atoms with Crippen LogP contribution in [0.4, 0.5) is 13.2 Å². The van der Waals surface area contributed by atoms with Crippen LogP contribution in [0.3, 0.4) is 0 Å². The first-order valence-corrected chi connectivity index (χ1v) is 7.81. The summed E-state index contributed by atoms with van der Waals surface area (Å²) in [6, 6.07) is 8.47. The second-order valence-electron chi connectivity index (χ2n) is 4.69. The average Bonchev–Trinajstić information content (AvgIpc) is 2.46. The zero-order chi connectivity index (χ0) is 17.3. The molecule has 124 valence electrons. The summed E-state index contributed by atoms with van der Waals surface area (Å²) >= 11 is 0. The Labute approximate surface area is 131 Å². The number of halogens is 3. The van der Waals surface area contributed by atoms with E-state index in [0.29, 0.717) is 11.8 Å². The van der Waals surface area contributed by atoms with Gasteiger partial charge in [-0.3, -0.25) is 0 Å². The van der Waals surface area contributed by atoms with Crippen LogP contribution in [0.5, 0.6) is 11.5 Å². The molecular weight excluding hydrogens is 333 g/mol. The first-order valence-electron chi connectivity index (χ1n) is 6.40. The first kappa shape index (κ1) is 17.1. The fraction of sp³-hybridized carbons (Fsp3) is 0.200. The van der Waals surface area contributed by atoms with Crippen LogP contribution in [0.2, 0.25) is 0 Å². The molecule has 0 N–H and O–H groups in total. The highest BCUT2D eigenvalue weighted by molar-refractivity contribution is 7.87. The van der Waals surface area contributed by atoms with Crippen molar-refractivity contribution in [2.75, 3.05) is 7.11 Å². The number of rotatable bonds is 4. The number of alkyl halides is 3. The van der Waals surface area contributed by atoms with Gasteiger partial charge in [0.1, 0.15) is 16.4 Å². The van der Waals surface area contributed by atoms with Crippen LogP contribution >= 0.6 is 0 Å². The summed E-state index contributed by atoms with van der Waals surface area (Å²) in [6.45, 7) is 1.25. The van der Waals surface area contributed by atoms with E-state index in [2.05, 4.69) is 0 Å². The highest BCUT2D eigenvalue weighted by Gasteiger charge is 2.34. The fourth-order valence-corrected chi connectivity index (χ4v) is 2.84. The lowest BCUT2D eigenvalue weighted by atomic mass is 10.1. The van der Waals surface area contributed by atoms with E-state index in [4.69, 9.17) is 8.92 Å². The average molecular weight is 346 g/mol. The monoisotopic (exact) mass is 346 g/mol. The molecule has 8 heteroatoms. The van der Waals surface area contributed by atoms with Crippen LogP contribution in [0.15, 0.2) is 47.4 Å². The minimum absolute atomic E-state index is 0.0570. The van der Waals surface area contributed by atoms with Crippen molar-refractivity contribution in [3.63, 3.8) is 0 Å². The van der Waals surface area contributed by atoms with Gasteiger partial charge in [0.25, 0.3) is 0 Å². The minimum Gasteiger partial charge on any atom is -0.497 e. The van der Waals surface area contributed by atoms with Crippen molar-refractivity contribution in [2.24, 2.45) is 0 Å². The largest absolute Gasteiger partial charge is 0.497 e. The van der Waals surface area contributed by atoms with E-state index >= 15 is 0 Å². The summed E-state index contributed by atoms with van der Waals surface area (Å²) < 4.78 is 72.8. The summed E-state index contributed by atoms with van der Waals surface area (Å²) in [5.41, 5.74) is -1.09. The summed E-state index contributed by atoms with van der Waals surface area (Å²) in [4.78, 5) is -0.571. The molecule has 4 nitrogen and oxygen atoms in total. The number of benzene rings is 2. The van der Waals surface area contributed by atoms with Crippen molar-refractivity contribution >= 4 is 10.1 Å². The highest BCUT2D eigenvalue weighted by Crippen LogP contribution is 2.33. The Morgan fingerprint density at radius 3 is 2.26 bits per heavy atom. The zero-order valence-corrected chi connectivity index (χ0v) is 13.0. The van der Waals surface area contributed by atoms with Crippen LogP contribution in [-0.4, -0.2) is 15.5 Å². The van der Waals surface area contributed by atoms with E-state index in [1.807, 2.05) is 0 Å². The first-order chi connectivity index (χ1) is 10.6. The number of ether oxygens (including phenoxy) is 1. The van der Waals surface area contributed by atoms with Crippen LogP contribution in [0.1, 0.15) is 11.1 Å². The Bertz CT molecular complexity index is 814. The molecular formula is C15H13F3O4S. The van der Waals surface area contributed by atoms with Crippen molar-refractivity contribution in [3.05, 3.63) is 53.6 Å². The Kier molecular flexibility index (Phi) is 4.56. The van der Waals surface area contributed by atoms with Gasteiger partial charge in [-0.05, 0) is 36.8 Å². The van der Waals surface area contributed by atoms with E-state index in [-0.39, 0.29) is 11.3 Å². The number of methoxy groups -OCH3 is 1. The minimum atomic E-state index is -4.65. The molecule has 23 heavy (non-hydrogen) atoms. The molecule has 0 aromatic heterocycles. The maximum absolute atomic E-state index is 12.9. The summed E-state index contributed by atoms with van der Waals surface area (Å²) in [5, 5.41) is 0. The van der Waals surface area contributed by atoms with Gasteiger partial charge in [-0.15, -0.1) is 0 Å². The standard InChI is InChI=1S/C15H13F3O4S/c1-10-6-7-13(9-14(10)15(16,17)18)23(19,20)22-12-5-3-4-11(8-12)21-2/h3-9H,1-2H3. The number of hydrogen-bond acceptors (Lipinski definition) is 4. The number of hydrogen-bond donors (Lipinski definition) is 0. The van der Waals surface area contributed by atoms with Crippen molar-refractivity contribution < 1.29 is 30.5 Å². The Balaban J connectivity index is 2.40. The van der Waals surface area contributed by atoms with E-state index in [1.54, 1.807) is 6.07 Å². The third-order valence-electron chi connectivity index (χ3n) is 3.05. The molecule has 0 spiro atoms. The third-order valence-corrected chi connectivity index (χ3v) is 4.29. The van der Waals surface area contributed by atoms with E-state index < -0.39 is 26.8 Å². The van der Waals surface area contributed by atoms with E-state index in [9.17, 15) is 21.6 Å². The maximum atomic E-state index is 12.9. The second-order valence-corrected chi connectivity index (χ2v) is 6.24. The molecule has 0 amide bonds. The quantitative estimate of drug-likeness (QED) is 0.791. The second kappa shape index (κ2) is 6.11. The molecule has 0 saturated carbocycles. The molecule has 2 aromatic carbocycles. The molecule has 0 bridgehead atoms. The third kappa shape index (κ3) is 3.95. The lowest BCUT2D eigenvalue weighted by molar-refractivity contribution is -0.138. The molecule has 0 atom stereocenters. The lowest BCUT2D eigenvalue weighted by Gasteiger charge is -2.13. The van der Waals surface area contributed by atoms with Gasteiger partial charge in [-0.2, -0.15) is 21.6 Å². The van der Waals surface area contributed by atoms with Gasteiger partial charge in [0.15, 0.2) is 0 Å². The summed E-state index contributed by atoms with van der Waals surface area (Å²) in [5.74, 6) is 0.302. The molecule has 0 aliphatic heterocycles. The lowest BCUT2D eigenvalue weighted by Crippen LogP contribution is -2.13. The van der Waals surface area contributed by atoms with Gasteiger partial charge < -0.3 is 8.92 Å². The Hall–Kier alpha value is -2.22. The predicted molar refractivity (Wildman–Crippen MR) is 77.0 cm³/mol. The van der Waals surface area contributed by atoms with Gasteiger partial charge in [-0.25, -0.2) is 0 Å². The Morgan fingerprint density at radius 1 is 1.00 bits per heavy atom. The molecule has 0 aliphatic rings. The topological polar surface area (TPSA) is 52.6 Å². The molecule has 0 heterocycles. The fourth-order valence-electron chi connectivity index (χ4n) is 1.89. The SMILES string of the molecule is COc1cccc(OS(=O)(=O)c2ccc(C)c(C(F)(F)F)c2)c1. The molecule has 0 unspecified atom stereocenters. The van der Waals surface area contributed by atoms with Crippen LogP contribution in [0.25, 0.3) is 0 Å². The van der Waals surface area contributed by atoms with Crippen molar-refractivity contribution in [1.82, 2.24) is 0 Å². The van der Waals surface area contributed by atoms with Crippen LogP contribution in [0, 0.1) is 6.92 Å². The molecule has 0 radical (unpaired) electrons. The van der Waals surface area contributed by atoms with Gasteiger partial charge in [0.05, 0.1) is 12.7 Å². The van der Waals surface area contributed by atoms with Crippen molar-refractivity contribution in [1.29, 1.82) is 0 Å². The molecule has 2 rings (SSSR count). The van der Waals surface area contributed by atoms with Gasteiger partial charge >= 0.3 is 16.3 Å². The molecule has 0 saturated heterocycles. The summed E-state index contributed by atoms with van der Waals surface area (Å²) in [7, 11) is -3.00. The molecule has 0 fully saturated rings. The van der Waals surface area contributed by atoms with Gasteiger partial charge in [-0.1, -0.05) is 12.1 Å². The van der Waals surface area contributed by atoms with Crippen molar-refractivity contribution in [3.8, 4) is 11.5 Å². The van der Waals surface area contributed by atoms with Gasteiger partial charge in [0, 0.05) is 6.07 Å². The summed E-state index contributed by atoms with van der Waals surface area (Å²) in [6.07, 6.45) is -4.65. The van der Waals surface area contributed by atoms with Crippen molar-refractivity contribution in [2.45, 2.75) is 18.0 Å². The predicted octanol–water partition coefficient (Wildman–Crippen LogP) is 3.79. The highest BCUT2D eigenvalue weighted by atomic mass is 32.2. The molecule has 2 aromatic rings. The van der Waals surface area contributed by atoms with Crippen LogP contribution < -0.4 is 8.92 Å². The maximum Gasteiger partial charge on any atom is 0.416 e. The Morgan fingerprint density at radius 2 is 1.65 bits per heavy atom. The van der Waals surface area contributed by atoms with E-state index in [0.717, 1.165) is 12.1 Å². The number of aryl methyl sites for hydroxylation is 1. The van der Waals surface area contributed by atoms with E-state index in [1.165, 1.54) is 32.2 Å². The smallest absolute Gasteiger partial charge is 0.416 e. The zero-order valence-electron chi connectivity index (χ0n) is 12.2. The van der Waals surface area contributed by atoms with Gasteiger partial charge in [0.2, 0.25) is 0 Å². The normalized spacial score (nSPS) is 12.0.